The van der Waals surface area contributed by atoms with Gasteiger partial charge in [0.1, 0.15) is 0 Å². The highest BCUT2D eigenvalue weighted by molar-refractivity contribution is 5.87. The minimum absolute atomic E-state index is 0.110. The van der Waals surface area contributed by atoms with Crippen LogP contribution in [0.15, 0.2) is 23.1 Å². The fourth-order valence-corrected chi connectivity index (χ4v) is 1.90. The molecule has 0 bridgehead atoms. The van der Waals surface area contributed by atoms with Crippen molar-refractivity contribution < 1.29 is 9.90 Å². The van der Waals surface area contributed by atoms with Crippen LogP contribution in [-0.2, 0) is 0 Å². The molecule has 2 atom stereocenters. The van der Waals surface area contributed by atoms with E-state index in [1.54, 1.807) is 4.57 Å². The van der Waals surface area contributed by atoms with E-state index in [-0.39, 0.29) is 17.2 Å². The molecule has 0 aliphatic heterocycles. The van der Waals surface area contributed by atoms with E-state index in [4.69, 9.17) is 5.11 Å². The molecule has 1 aliphatic carbocycles. The number of aromatic carboxylic acids is 1. The predicted molar refractivity (Wildman–Crippen MR) is 55.1 cm³/mol. The number of nitrogens with zero attached hydrogens (tertiary/aromatic N) is 1. The molecule has 4 nitrogen and oxygen atoms in total. The summed E-state index contributed by atoms with van der Waals surface area (Å²) >= 11 is 0. The molecule has 1 aromatic heterocycles. The lowest BCUT2D eigenvalue weighted by atomic mass is 10.2. The van der Waals surface area contributed by atoms with Crippen LogP contribution in [0.1, 0.15) is 36.2 Å². The summed E-state index contributed by atoms with van der Waals surface area (Å²) in [5.41, 5.74) is 0.0669. The summed E-state index contributed by atoms with van der Waals surface area (Å²) in [4.78, 5) is 22.3. The van der Waals surface area contributed by atoms with Crippen LogP contribution in [0.5, 0.6) is 0 Å². The maximum atomic E-state index is 11.5. The van der Waals surface area contributed by atoms with Crippen molar-refractivity contribution in [3.05, 3.63) is 34.2 Å². The normalized spacial score (nSPS) is 23.8. The second-order valence-corrected chi connectivity index (χ2v) is 3.94. The van der Waals surface area contributed by atoms with Crippen molar-refractivity contribution in [2.45, 2.75) is 25.8 Å². The van der Waals surface area contributed by atoms with Crippen molar-refractivity contribution >= 4 is 5.97 Å². The maximum Gasteiger partial charge on any atom is 0.337 e. The Labute approximate surface area is 87.2 Å². The maximum absolute atomic E-state index is 11.5. The van der Waals surface area contributed by atoms with Gasteiger partial charge >= 0.3 is 5.97 Å². The van der Waals surface area contributed by atoms with Gasteiger partial charge in [0.2, 0.25) is 0 Å². The van der Waals surface area contributed by atoms with Crippen molar-refractivity contribution in [3.8, 4) is 0 Å². The number of aromatic nitrogens is 1. The Morgan fingerprint density at radius 3 is 2.87 bits per heavy atom. The SMILES string of the molecule is CCC1CC1n1cc(C(=O)O)ccc1=O. The zero-order chi connectivity index (χ0) is 11.0. The Hall–Kier alpha value is -1.58. The molecule has 1 N–H and O–H groups in total. The fourth-order valence-electron chi connectivity index (χ4n) is 1.90. The van der Waals surface area contributed by atoms with Crippen LogP contribution in [0, 0.1) is 5.92 Å². The van der Waals surface area contributed by atoms with Crippen molar-refractivity contribution in [1.82, 2.24) is 4.57 Å². The summed E-state index contributed by atoms with van der Waals surface area (Å²) in [6.45, 7) is 2.08. The van der Waals surface area contributed by atoms with Crippen molar-refractivity contribution in [2.75, 3.05) is 0 Å². The van der Waals surface area contributed by atoms with E-state index in [0.717, 1.165) is 12.8 Å². The molecule has 2 unspecified atom stereocenters. The van der Waals surface area contributed by atoms with Crippen LogP contribution >= 0.6 is 0 Å². The van der Waals surface area contributed by atoms with E-state index in [9.17, 15) is 9.59 Å². The summed E-state index contributed by atoms with van der Waals surface area (Å²) in [5, 5.41) is 8.81. The van der Waals surface area contributed by atoms with Crippen molar-refractivity contribution in [3.63, 3.8) is 0 Å². The summed E-state index contributed by atoms with van der Waals surface area (Å²) in [6.07, 6.45) is 3.47. The Morgan fingerprint density at radius 2 is 2.33 bits per heavy atom. The third-order valence-corrected chi connectivity index (χ3v) is 2.95. The van der Waals surface area contributed by atoms with Crippen LogP contribution in [0.4, 0.5) is 0 Å². The van der Waals surface area contributed by atoms with Gasteiger partial charge < -0.3 is 9.67 Å². The molecule has 2 rings (SSSR count). The molecular formula is C11H13NO3. The van der Waals surface area contributed by atoms with Crippen molar-refractivity contribution in [1.29, 1.82) is 0 Å². The van der Waals surface area contributed by atoms with Crippen LogP contribution in [0.3, 0.4) is 0 Å². The van der Waals surface area contributed by atoms with Crippen LogP contribution in [0.25, 0.3) is 0 Å². The number of rotatable bonds is 3. The molecule has 1 heterocycles. The van der Waals surface area contributed by atoms with E-state index in [2.05, 4.69) is 6.92 Å². The van der Waals surface area contributed by atoms with Crippen LogP contribution in [-0.4, -0.2) is 15.6 Å². The average molecular weight is 207 g/mol. The molecule has 15 heavy (non-hydrogen) atoms. The number of carboxylic acid groups (broad SMARTS) is 1. The molecule has 4 heteroatoms. The van der Waals surface area contributed by atoms with Gasteiger partial charge in [-0.1, -0.05) is 13.3 Å². The highest BCUT2D eigenvalue weighted by Gasteiger charge is 2.37. The van der Waals surface area contributed by atoms with Crippen molar-refractivity contribution in [2.24, 2.45) is 5.92 Å². The third-order valence-electron chi connectivity index (χ3n) is 2.95. The first-order valence-corrected chi connectivity index (χ1v) is 5.09. The Kier molecular flexibility index (Phi) is 2.34. The molecule has 0 amide bonds. The molecule has 1 aliphatic rings. The van der Waals surface area contributed by atoms with Gasteiger partial charge in [-0.25, -0.2) is 4.79 Å². The van der Waals surface area contributed by atoms with E-state index in [0.29, 0.717) is 5.92 Å². The van der Waals surface area contributed by atoms with Gasteiger partial charge in [0.05, 0.1) is 5.56 Å². The Bertz CT molecular complexity index is 449. The zero-order valence-corrected chi connectivity index (χ0v) is 8.51. The quantitative estimate of drug-likeness (QED) is 0.817. The number of pyridine rings is 1. The minimum atomic E-state index is -0.988. The molecule has 1 fully saturated rings. The average Bonchev–Trinajstić information content (AvgIpc) is 2.97. The first-order valence-electron chi connectivity index (χ1n) is 5.09. The lowest BCUT2D eigenvalue weighted by Gasteiger charge is -2.04. The zero-order valence-electron chi connectivity index (χ0n) is 8.51. The summed E-state index contributed by atoms with van der Waals surface area (Å²) in [5.74, 6) is -0.454. The molecule has 80 valence electrons. The molecule has 0 spiro atoms. The molecular weight excluding hydrogens is 194 g/mol. The van der Waals surface area contributed by atoms with Gasteiger partial charge in [-0.15, -0.1) is 0 Å². The highest BCUT2D eigenvalue weighted by atomic mass is 16.4. The topological polar surface area (TPSA) is 59.3 Å². The highest BCUT2D eigenvalue weighted by Crippen LogP contribution is 2.44. The van der Waals surface area contributed by atoms with E-state index in [1.165, 1.54) is 18.3 Å². The second kappa shape index (κ2) is 3.53. The molecule has 0 aromatic carbocycles. The predicted octanol–water partition coefficient (Wildman–Crippen LogP) is 1.52. The van der Waals surface area contributed by atoms with Gasteiger partial charge in [-0.2, -0.15) is 0 Å². The van der Waals surface area contributed by atoms with Gasteiger partial charge in [0.15, 0.2) is 0 Å². The number of hydrogen-bond acceptors (Lipinski definition) is 2. The van der Waals surface area contributed by atoms with Gasteiger partial charge in [0.25, 0.3) is 5.56 Å². The molecule has 1 aromatic rings. The van der Waals surface area contributed by atoms with Crippen LogP contribution in [0.2, 0.25) is 0 Å². The third kappa shape index (κ3) is 1.79. The standard InChI is InChI=1S/C11H13NO3/c1-2-7-5-9(7)12-6-8(11(14)15)3-4-10(12)13/h3-4,6-7,9H,2,5H2,1H3,(H,14,15). The fraction of sp³-hybridized carbons (Fsp3) is 0.455. The molecule has 1 saturated carbocycles. The second-order valence-electron chi connectivity index (χ2n) is 3.94. The van der Waals surface area contributed by atoms with E-state index in [1.807, 2.05) is 0 Å². The monoisotopic (exact) mass is 207 g/mol. The molecule has 0 saturated heterocycles. The molecule has 0 radical (unpaired) electrons. The largest absolute Gasteiger partial charge is 0.478 e. The van der Waals surface area contributed by atoms with Gasteiger partial charge in [0, 0.05) is 18.3 Å². The summed E-state index contributed by atoms with van der Waals surface area (Å²) < 4.78 is 1.55. The van der Waals surface area contributed by atoms with Gasteiger partial charge in [-0.3, -0.25) is 4.79 Å². The number of carboxylic acids is 1. The van der Waals surface area contributed by atoms with E-state index < -0.39 is 5.97 Å². The number of carbonyl (C=O) groups is 1. The lowest BCUT2D eigenvalue weighted by molar-refractivity contribution is 0.0696. The first-order chi connectivity index (χ1) is 7.13. The van der Waals surface area contributed by atoms with E-state index >= 15 is 0 Å². The number of hydrogen-bond donors (Lipinski definition) is 1. The summed E-state index contributed by atoms with van der Waals surface area (Å²) in [7, 11) is 0. The smallest absolute Gasteiger partial charge is 0.337 e. The first kappa shape index (κ1) is 9.96. The van der Waals surface area contributed by atoms with Crippen LogP contribution < -0.4 is 5.56 Å². The minimum Gasteiger partial charge on any atom is -0.478 e. The van der Waals surface area contributed by atoms with Gasteiger partial charge in [-0.05, 0) is 18.4 Å². The Morgan fingerprint density at radius 1 is 1.60 bits per heavy atom. The summed E-state index contributed by atoms with van der Waals surface area (Å²) in [6, 6.07) is 2.89. The lowest BCUT2D eigenvalue weighted by Crippen LogP contribution is -2.19. The Balaban J connectivity index is 2.35.